The second-order valence-electron chi connectivity index (χ2n) is 7.82. The predicted molar refractivity (Wildman–Crippen MR) is 142 cm³/mol. The molecule has 1 aliphatic rings. The molecule has 4 rings (SSSR count). The maximum atomic E-state index is 5.64. The van der Waals surface area contributed by atoms with Crippen molar-refractivity contribution in [2.24, 2.45) is 4.99 Å². The van der Waals surface area contributed by atoms with E-state index in [9.17, 15) is 0 Å². The standard InChI is InChI=1S/C25H31N5O2.HI/c1-26-25(27-16-20-18-32-24(29-20)19-10-4-3-5-11-19)28-17-22(30-14-8-9-15-30)21-12-6-7-13-23(21)31-2;/h3-7,10-13,18,22H,8-9,14-17H2,1-2H3,(H2,26,27,28);1H. The largest absolute Gasteiger partial charge is 0.496 e. The van der Waals surface area contributed by atoms with Crippen LogP contribution in [0, 0.1) is 0 Å². The van der Waals surface area contributed by atoms with Crippen LogP contribution >= 0.6 is 24.0 Å². The van der Waals surface area contributed by atoms with E-state index in [0.29, 0.717) is 12.4 Å². The minimum Gasteiger partial charge on any atom is -0.496 e. The van der Waals surface area contributed by atoms with E-state index in [4.69, 9.17) is 9.15 Å². The minimum absolute atomic E-state index is 0. The van der Waals surface area contributed by atoms with Gasteiger partial charge in [-0.15, -0.1) is 24.0 Å². The molecule has 0 radical (unpaired) electrons. The zero-order chi connectivity index (χ0) is 22.2. The molecule has 0 spiro atoms. The van der Waals surface area contributed by atoms with Crippen LogP contribution in [0.15, 0.2) is 70.3 Å². The van der Waals surface area contributed by atoms with Gasteiger partial charge in [0.25, 0.3) is 0 Å². The number of nitrogens with one attached hydrogen (secondary N) is 2. The van der Waals surface area contributed by atoms with E-state index in [1.807, 2.05) is 42.5 Å². The van der Waals surface area contributed by atoms with E-state index in [2.05, 4.69) is 37.6 Å². The summed E-state index contributed by atoms with van der Waals surface area (Å²) in [5.41, 5.74) is 2.99. The van der Waals surface area contributed by atoms with E-state index in [0.717, 1.165) is 42.6 Å². The maximum Gasteiger partial charge on any atom is 0.226 e. The number of hydrogen-bond acceptors (Lipinski definition) is 5. The highest BCUT2D eigenvalue weighted by Gasteiger charge is 2.26. The zero-order valence-electron chi connectivity index (χ0n) is 19.2. The van der Waals surface area contributed by atoms with Crippen LogP contribution in [-0.2, 0) is 6.54 Å². The van der Waals surface area contributed by atoms with Crippen molar-refractivity contribution in [3.8, 4) is 17.2 Å². The fourth-order valence-electron chi connectivity index (χ4n) is 4.12. The van der Waals surface area contributed by atoms with Crippen molar-refractivity contribution in [3.05, 3.63) is 72.1 Å². The van der Waals surface area contributed by atoms with Gasteiger partial charge in [-0.2, -0.15) is 0 Å². The van der Waals surface area contributed by atoms with Crippen LogP contribution in [0.25, 0.3) is 11.5 Å². The van der Waals surface area contributed by atoms with E-state index in [1.165, 1.54) is 18.4 Å². The highest BCUT2D eigenvalue weighted by Crippen LogP contribution is 2.31. The number of oxazole rings is 1. The summed E-state index contributed by atoms with van der Waals surface area (Å²) in [6.45, 7) is 3.45. The molecule has 8 heteroatoms. The summed E-state index contributed by atoms with van der Waals surface area (Å²) in [5, 5.41) is 6.83. The topological polar surface area (TPSA) is 74.9 Å². The van der Waals surface area contributed by atoms with Crippen molar-refractivity contribution >= 4 is 29.9 Å². The number of aliphatic imine (C=N–C) groups is 1. The molecule has 2 N–H and O–H groups in total. The summed E-state index contributed by atoms with van der Waals surface area (Å²) in [6.07, 6.45) is 4.15. The Morgan fingerprint density at radius 2 is 1.82 bits per heavy atom. The van der Waals surface area contributed by atoms with Gasteiger partial charge >= 0.3 is 0 Å². The third-order valence-corrected chi connectivity index (χ3v) is 5.78. The highest BCUT2D eigenvalue weighted by atomic mass is 127. The first-order chi connectivity index (χ1) is 15.8. The van der Waals surface area contributed by atoms with Gasteiger partial charge in [-0.3, -0.25) is 9.89 Å². The number of rotatable bonds is 8. The number of halogens is 1. The Kier molecular flexibility index (Phi) is 9.56. The lowest BCUT2D eigenvalue weighted by Gasteiger charge is -2.30. The number of hydrogen-bond donors (Lipinski definition) is 2. The summed E-state index contributed by atoms with van der Waals surface area (Å²) in [5.74, 6) is 2.27. The fraction of sp³-hybridized carbons (Fsp3) is 0.360. The summed E-state index contributed by atoms with van der Waals surface area (Å²) in [6, 6.07) is 18.4. The first-order valence-corrected chi connectivity index (χ1v) is 11.1. The van der Waals surface area contributed by atoms with Gasteiger partial charge in [-0.05, 0) is 44.1 Å². The third-order valence-electron chi connectivity index (χ3n) is 5.78. The molecule has 1 saturated heterocycles. The summed E-state index contributed by atoms with van der Waals surface area (Å²) < 4.78 is 11.3. The molecular weight excluding hydrogens is 529 g/mol. The van der Waals surface area contributed by atoms with Gasteiger partial charge in [0.1, 0.15) is 12.0 Å². The highest BCUT2D eigenvalue weighted by molar-refractivity contribution is 14.0. The molecule has 1 atom stereocenters. The molecule has 176 valence electrons. The smallest absolute Gasteiger partial charge is 0.226 e. The Balaban J connectivity index is 0.00000306. The molecule has 0 amide bonds. The average molecular weight is 561 g/mol. The number of aromatic nitrogens is 1. The van der Waals surface area contributed by atoms with Crippen molar-refractivity contribution in [3.63, 3.8) is 0 Å². The summed E-state index contributed by atoms with van der Waals surface area (Å²) >= 11 is 0. The second-order valence-corrected chi connectivity index (χ2v) is 7.82. The van der Waals surface area contributed by atoms with Crippen LogP contribution in [0.2, 0.25) is 0 Å². The molecule has 1 aliphatic heterocycles. The van der Waals surface area contributed by atoms with Crippen LogP contribution < -0.4 is 15.4 Å². The first-order valence-electron chi connectivity index (χ1n) is 11.1. The monoisotopic (exact) mass is 561 g/mol. The first kappa shape index (κ1) is 25.0. The molecule has 0 bridgehead atoms. The van der Waals surface area contributed by atoms with Crippen LogP contribution in [0.1, 0.15) is 30.1 Å². The van der Waals surface area contributed by atoms with Crippen molar-refractivity contribution in [2.75, 3.05) is 33.8 Å². The molecule has 1 aromatic heterocycles. The van der Waals surface area contributed by atoms with Crippen molar-refractivity contribution in [1.29, 1.82) is 0 Å². The van der Waals surface area contributed by atoms with E-state index in [1.54, 1.807) is 20.4 Å². The van der Waals surface area contributed by atoms with Gasteiger partial charge in [0.2, 0.25) is 5.89 Å². The zero-order valence-corrected chi connectivity index (χ0v) is 21.5. The lowest BCUT2D eigenvalue weighted by Crippen LogP contribution is -2.42. The van der Waals surface area contributed by atoms with Gasteiger partial charge in [-0.25, -0.2) is 4.98 Å². The predicted octanol–water partition coefficient (Wildman–Crippen LogP) is 4.47. The molecule has 2 heterocycles. The summed E-state index contributed by atoms with van der Waals surface area (Å²) in [7, 11) is 3.51. The van der Waals surface area contributed by atoms with Crippen molar-refractivity contribution < 1.29 is 9.15 Å². The lowest BCUT2D eigenvalue weighted by molar-refractivity contribution is 0.239. The van der Waals surface area contributed by atoms with Crippen LogP contribution in [0.4, 0.5) is 0 Å². The van der Waals surface area contributed by atoms with Crippen LogP contribution in [0.3, 0.4) is 0 Å². The quantitative estimate of drug-likeness (QED) is 0.240. The van der Waals surface area contributed by atoms with E-state index < -0.39 is 0 Å². The van der Waals surface area contributed by atoms with E-state index in [-0.39, 0.29) is 30.0 Å². The van der Waals surface area contributed by atoms with Crippen molar-refractivity contribution in [2.45, 2.75) is 25.4 Å². The Morgan fingerprint density at radius 3 is 2.55 bits per heavy atom. The van der Waals surface area contributed by atoms with Gasteiger partial charge in [-0.1, -0.05) is 36.4 Å². The number of ether oxygens (including phenoxy) is 1. The Morgan fingerprint density at radius 1 is 1.09 bits per heavy atom. The Hall–Kier alpha value is -2.59. The molecule has 3 aromatic rings. The molecule has 2 aromatic carbocycles. The maximum absolute atomic E-state index is 5.64. The van der Waals surface area contributed by atoms with Crippen LogP contribution in [-0.4, -0.2) is 49.6 Å². The molecule has 7 nitrogen and oxygen atoms in total. The second kappa shape index (κ2) is 12.6. The van der Waals surface area contributed by atoms with Gasteiger partial charge in [0.05, 0.1) is 25.4 Å². The van der Waals surface area contributed by atoms with Gasteiger partial charge in [0, 0.05) is 24.7 Å². The number of para-hydroxylation sites is 1. The van der Waals surface area contributed by atoms with E-state index >= 15 is 0 Å². The minimum atomic E-state index is 0. The molecule has 33 heavy (non-hydrogen) atoms. The molecule has 0 saturated carbocycles. The fourth-order valence-corrected chi connectivity index (χ4v) is 4.12. The van der Waals surface area contributed by atoms with Crippen molar-refractivity contribution in [1.82, 2.24) is 20.5 Å². The lowest BCUT2D eigenvalue weighted by atomic mass is 10.0. The average Bonchev–Trinajstić information content (AvgIpc) is 3.55. The third kappa shape index (κ3) is 6.48. The molecule has 0 aliphatic carbocycles. The number of nitrogens with zero attached hydrogens (tertiary/aromatic N) is 3. The number of methoxy groups -OCH3 is 1. The normalized spacial score (nSPS) is 15.0. The van der Waals surface area contributed by atoms with Crippen LogP contribution in [0.5, 0.6) is 5.75 Å². The van der Waals surface area contributed by atoms with Gasteiger partial charge < -0.3 is 19.8 Å². The summed E-state index contributed by atoms with van der Waals surface area (Å²) in [4.78, 5) is 11.5. The molecule has 1 fully saturated rings. The number of likely N-dealkylation sites (tertiary alicyclic amines) is 1. The molecular formula is C25H32IN5O2. The number of guanidine groups is 1. The SMILES string of the molecule is CN=C(NCc1coc(-c2ccccc2)n1)NCC(c1ccccc1OC)N1CCCC1.I. The molecule has 1 unspecified atom stereocenters. The van der Waals surface area contributed by atoms with Gasteiger partial charge in [0.15, 0.2) is 5.96 Å². The Labute approximate surface area is 212 Å². The Bertz CT molecular complexity index is 1020. The number of benzene rings is 2.